The number of carboxylic acid groups (broad SMARTS) is 1. The van der Waals surface area contributed by atoms with Crippen LogP contribution in [0.15, 0.2) is 18.2 Å². The maximum atomic E-state index is 12.4. The van der Waals surface area contributed by atoms with E-state index >= 15 is 0 Å². The number of nitrogens with one attached hydrogen (secondary N) is 1. The maximum Gasteiger partial charge on any atom is 0.392 e. The Morgan fingerprint density at radius 3 is 2.48 bits per heavy atom. The molecule has 1 atom stereocenters. The number of hydrogen-bond acceptors (Lipinski definition) is 3. The molecule has 1 aromatic carbocycles. The van der Waals surface area contributed by atoms with Gasteiger partial charge in [0.05, 0.1) is 24.3 Å². The van der Waals surface area contributed by atoms with Gasteiger partial charge in [0.15, 0.2) is 0 Å². The molecule has 0 bridgehead atoms. The SMILES string of the molecule is COc1cc(C(=O)O)ccc1NC(=O)CC(C)C(F)(F)F. The number of carboxylic acids is 1. The Morgan fingerprint density at radius 2 is 2.00 bits per heavy atom. The van der Waals surface area contributed by atoms with Gasteiger partial charge in [-0.15, -0.1) is 0 Å². The topological polar surface area (TPSA) is 75.6 Å². The van der Waals surface area contributed by atoms with Crippen LogP contribution in [0.3, 0.4) is 0 Å². The molecule has 0 aliphatic heterocycles. The van der Waals surface area contributed by atoms with Crippen LogP contribution in [0.1, 0.15) is 23.7 Å². The molecule has 2 N–H and O–H groups in total. The Balaban J connectivity index is 2.83. The number of ether oxygens (including phenoxy) is 1. The summed E-state index contributed by atoms with van der Waals surface area (Å²) in [7, 11) is 1.26. The molecule has 1 amide bonds. The van der Waals surface area contributed by atoms with Crippen LogP contribution >= 0.6 is 0 Å². The zero-order valence-corrected chi connectivity index (χ0v) is 11.3. The van der Waals surface area contributed by atoms with E-state index in [1.807, 2.05) is 0 Å². The fraction of sp³-hybridized carbons (Fsp3) is 0.385. The van der Waals surface area contributed by atoms with Gasteiger partial charge >= 0.3 is 12.1 Å². The third-order valence-corrected chi connectivity index (χ3v) is 2.77. The first-order chi connectivity index (χ1) is 9.65. The van der Waals surface area contributed by atoms with E-state index in [-0.39, 0.29) is 17.0 Å². The summed E-state index contributed by atoms with van der Waals surface area (Å²) in [5, 5.41) is 11.1. The largest absolute Gasteiger partial charge is 0.495 e. The minimum absolute atomic E-state index is 0.0583. The number of halogens is 3. The Morgan fingerprint density at radius 1 is 1.38 bits per heavy atom. The lowest BCUT2D eigenvalue weighted by Crippen LogP contribution is -2.25. The molecule has 116 valence electrons. The molecular weight excluding hydrogens is 291 g/mol. The van der Waals surface area contributed by atoms with E-state index < -0.39 is 30.4 Å². The second kappa shape index (κ2) is 6.47. The van der Waals surface area contributed by atoms with Crippen molar-refractivity contribution in [2.24, 2.45) is 5.92 Å². The highest BCUT2D eigenvalue weighted by Crippen LogP contribution is 2.30. The lowest BCUT2D eigenvalue weighted by Gasteiger charge is -2.16. The standard InChI is InChI=1S/C13H14F3NO4/c1-7(13(14,15)16)5-11(18)17-9-4-3-8(12(19)20)6-10(9)21-2/h3-4,6-7H,5H2,1-2H3,(H,17,18)(H,19,20). The van der Waals surface area contributed by atoms with Gasteiger partial charge in [-0.3, -0.25) is 4.79 Å². The summed E-state index contributed by atoms with van der Waals surface area (Å²) in [6.45, 7) is 0.907. The molecule has 1 aromatic rings. The minimum Gasteiger partial charge on any atom is -0.495 e. The number of aromatic carboxylic acids is 1. The summed E-state index contributed by atoms with van der Waals surface area (Å²) >= 11 is 0. The Bertz CT molecular complexity index is 543. The normalized spacial score (nSPS) is 12.6. The smallest absolute Gasteiger partial charge is 0.392 e. The van der Waals surface area contributed by atoms with Crippen molar-refractivity contribution in [3.05, 3.63) is 23.8 Å². The van der Waals surface area contributed by atoms with E-state index in [2.05, 4.69) is 5.32 Å². The van der Waals surface area contributed by atoms with E-state index in [1.54, 1.807) is 0 Å². The van der Waals surface area contributed by atoms with Crippen molar-refractivity contribution in [2.45, 2.75) is 19.5 Å². The van der Waals surface area contributed by atoms with Gasteiger partial charge in [0.25, 0.3) is 0 Å². The molecule has 21 heavy (non-hydrogen) atoms. The number of carbonyl (C=O) groups is 2. The molecule has 0 fully saturated rings. The average molecular weight is 305 g/mol. The molecular formula is C13H14F3NO4. The number of hydrogen-bond donors (Lipinski definition) is 2. The van der Waals surface area contributed by atoms with Crippen molar-refractivity contribution in [3.63, 3.8) is 0 Å². The Hall–Kier alpha value is -2.25. The number of alkyl halides is 3. The van der Waals surface area contributed by atoms with Crippen molar-refractivity contribution >= 4 is 17.6 Å². The molecule has 0 aliphatic rings. The van der Waals surface area contributed by atoms with E-state index in [9.17, 15) is 22.8 Å². The van der Waals surface area contributed by atoms with Crippen molar-refractivity contribution in [1.29, 1.82) is 0 Å². The fourth-order valence-corrected chi connectivity index (χ4v) is 1.52. The molecule has 0 aromatic heterocycles. The first-order valence-corrected chi connectivity index (χ1v) is 5.93. The molecule has 1 rings (SSSR count). The first-order valence-electron chi connectivity index (χ1n) is 5.93. The monoisotopic (exact) mass is 305 g/mol. The van der Waals surface area contributed by atoms with Crippen molar-refractivity contribution < 1.29 is 32.6 Å². The highest BCUT2D eigenvalue weighted by atomic mass is 19.4. The van der Waals surface area contributed by atoms with E-state index in [0.29, 0.717) is 0 Å². The summed E-state index contributed by atoms with van der Waals surface area (Å²) in [6, 6.07) is 3.65. The number of methoxy groups -OCH3 is 1. The molecule has 0 heterocycles. The number of rotatable bonds is 5. The van der Waals surface area contributed by atoms with Gasteiger partial charge in [0.1, 0.15) is 5.75 Å². The quantitative estimate of drug-likeness (QED) is 0.877. The maximum absolute atomic E-state index is 12.4. The minimum atomic E-state index is -4.45. The van der Waals surface area contributed by atoms with E-state index in [0.717, 1.165) is 6.92 Å². The number of anilines is 1. The van der Waals surface area contributed by atoms with Gasteiger partial charge in [-0.05, 0) is 18.2 Å². The van der Waals surface area contributed by atoms with Crippen LogP contribution in [0.5, 0.6) is 5.75 Å². The number of benzene rings is 1. The second-order valence-corrected chi connectivity index (χ2v) is 4.42. The predicted octanol–water partition coefficient (Wildman–Crippen LogP) is 2.92. The zero-order valence-electron chi connectivity index (χ0n) is 11.3. The lowest BCUT2D eigenvalue weighted by molar-refractivity contribution is -0.173. The Labute approximate surface area is 118 Å². The van der Waals surface area contributed by atoms with Crippen LogP contribution in [0.4, 0.5) is 18.9 Å². The molecule has 0 saturated heterocycles. The summed E-state index contributed by atoms with van der Waals surface area (Å²) in [6.07, 6.45) is -5.18. The third-order valence-electron chi connectivity index (χ3n) is 2.77. The molecule has 0 saturated carbocycles. The van der Waals surface area contributed by atoms with E-state index in [4.69, 9.17) is 9.84 Å². The third kappa shape index (κ3) is 4.66. The average Bonchev–Trinajstić information content (AvgIpc) is 2.37. The van der Waals surface area contributed by atoms with Crippen molar-refractivity contribution in [3.8, 4) is 5.75 Å². The first kappa shape index (κ1) is 16.8. The van der Waals surface area contributed by atoms with Gasteiger partial charge in [-0.1, -0.05) is 6.92 Å². The van der Waals surface area contributed by atoms with Crippen LogP contribution < -0.4 is 10.1 Å². The fourth-order valence-electron chi connectivity index (χ4n) is 1.52. The van der Waals surface area contributed by atoms with Crippen LogP contribution in [0, 0.1) is 5.92 Å². The molecule has 8 heteroatoms. The summed E-state index contributed by atoms with van der Waals surface area (Å²) in [5.41, 5.74) is 0.0513. The van der Waals surface area contributed by atoms with Crippen LogP contribution in [0.2, 0.25) is 0 Å². The Kier molecular flexibility index (Phi) is 5.17. The zero-order chi connectivity index (χ0) is 16.2. The van der Waals surface area contributed by atoms with E-state index in [1.165, 1.54) is 25.3 Å². The molecule has 5 nitrogen and oxygen atoms in total. The van der Waals surface area contributed by atoms with Gasteiger partial charge in [-0.25, -0.2) is 4.79 Å². The van der Waals surface area contributed by atoms with Gasteiger partial charge in [0, 0.05) is 6.42 Å². The molecule has 0 radical (unpaired) electrons. The summed E-state index contributed by atoms with van der Waals surface area (Å²) in [4.78, 5) is 22.4. The predicted molar refractivity (Wildman–Crippen MR) is 68.4 cm³/mol. The number of amides is 1. The summed E-state index contributed by atoms with van der Waals surface area (Å²) < 4.78 is 42.0. The highest BCUT2D eigenvalue weighted by molar-refractivity contribution is 5.94. The van der Waals surface area contributed by atoms with Crippen molar-refractivity contribution in [2.75, 3.05) is 12.4 Å². The van der Waals surface area contributed by atoms with Gasteiger partial charge < -0.3 is 15.2 Å². The highest BCUT2D eigenvalue weighted by Gasteiger charge is 2.37. The van der Waals surface area contributed by atoms with Crippen LogP contribution in [-0.4, -0.2) is 30.3 Å². The summed E-state index contributed by atoms with van der Waals surface area (Å²) in [5.74, 6) is -3.73. The molecule has 0 spiro atoms. The second-order valence-electron chi connectivity index (χ2n) is 4.42. The van der Waals surface area contributed by atoms with Crippen molar-refractivity contribution in [1.82, 2.24) is 0 Å². The van der Waals surface area contributed by atoms with Crippen LogP contribution in [-0.2, 0) is 4.79 Å². The van der Waals surface area contributed by atoms with Gasteiger partial charge in [-0.2, -0.15) is 13.2 Å². The number of carbonyl (C=O) groups excluding carboxylic acids is 1. The van der Waals surface area contributed by atoms with Crippen LogP contribution in [0.25, 0.3) is 0 Å². The molecule has 1 unspecified atom stereocenters. The lowest BCUT2D eigenvalue weighted by atomic mass is 10.1. The molecule has 0 aliphatic carbocycles. The van der Waals surface area contributed by atoms with Gasteiger partial charge in [0.2, 0.25) is 5.91 Å².